The summed E-state index contributed by atoms with van der Waals surface area (Å²) in [7, 11) is -7.52. The zero-order valence-corrected chi connectivity index (χ0v) is 22.0. The second-order valence-electron chi connectivity index (χ2n) is 8.19. The number of piperidine rings is 1. The van der Waals surface area contributed by atoms with Crippen LogP contribution in [-0.4, -0.2) is 52.8 Å². The van der Waals surface area contributed by atoms with E-state index in [0.717, 1.165) is 19.3 Å². The van der Waals surface area contributed by atoms with Gasteiger partial charge in [0.25, 0.3) is 0 Å². The van der Waals surface area contributed by atoms with Crippen molar-refractivity contribution < 1.29 is 26.4 Å². The van der Waals surface area contributed by atoms with Crippen LogP contribution in [0.5, 0.6) is 5.75 Å². The molecule has 9 nitrogen and oxygen atoms in total. The molecule has 0 aliphatic carbocycles. The molecule has 2 N–H and O–H groups in total. The van der Waals surface area contributed by atoms with E-state index in [1.165, 1.54) is 41.6 Å². The molecule has 0 unspecified atom stereocenters. The second kappa shape index (κ2) is 11.7. The first-order valence-corrected chi connectivity index (χ1v) is 14.7. The van der Waals surface area contributed by atoms with E-state index >= 15 is 0 Å². The van der Waals surface area contributed by atoms with Gasteiger partial charge in [0.15, 0.2) is 0 Å². The van der Waals surface area contributed by atoms with Gasteiger partial charge in [-0.2, -0.15) is 9.03 Å². The Morgan fingerprint density at radius 2 is 1.66 bits per heavy atom. The van der Waals surface area contributed by atoms with Gasteiger partial charge in [-0.15, -0.1) is 0 Å². The average Bonchev–Trinajstić information content (AvgIpc) is 2.84. The Morgan fingerprint density at radius 1 is 1.03 bits per heavy atom. The average molecular weight is 544 g/mol. The van der Waals surface area contributed by atoms with Crippen LogP contribution in [0.15, 0.2) is 52.3 Å². The maximum absolute atomic E-state index is 12.8. The lowest BCUT2D eigenvalue weighted by atomic mass is 10.2. The van der Waals surface area contributed by atoms with Crippen molar-refractivity contribution in [3.8, 4) is 5.75 Å². The van der Waals surface area contributed by atoms with Crippen LogP contribution < -0.4 is 14.8 Å². The molecule has 192 valence electrons. The van der Waals surface area contributed by atoms with Gasteiger partial charge in [-0.05, 0) is 62.6 Å². The van der Waals surface area contributed by atoms with E-state index < -0.39 is 32.0 Å². The summed E-state index contributed by atoms with van der Waals surface area (Å²) in [6, 6.07) is 9.33. The number of sulfonamides is 2. The molecule has 1 fully saturated rings. The Hall–Kier alpha value is -2.18. The summed E-state index contributed by atoms with van der Waals surface area (Å²) in [5.41, 5.74) is 0.685. The minimum atomic E-state index is -4.00. The Balaban J connectivity index is 1.57. The third-order valence-corrected chi connectivity index (χ3v) is 9.33. The number of hydrogen-bond acceptors (Lipinski definition) is 6. The molecule has 2 aromatic carbocycles. The van der Waals surface area contributed by atoms with Gasteiger partial charge in [-0.1, -0.05) is 30.2 Å². The van der Waals surface area contributed by atoms with Crippen molar-refractivity contribution in [1.29, 1.82) is 0 Å². The van der Waals surface area contributed by atoms with Crippen LogP contribution in [0.3, 0.4) is 0 Å². The maximum Gasteiger partial charge on any atom is 0.243 e. The van der Waals surface area contributed by atoms with E-state index in [0.29, 0.717) is 31.0 Å². The summed E-state index contributed by atoms with van der Waals surface area (Å²) in [5.74, 6) is -0.163. The molecule has 35 heavy (non-hydrogen) atoms. The summed E-state index contributed by atoms with van der Waals surface area (Å²) < 4.78 is 59.9. The Morgan fingerprint density at radius 3 is 2.26 bits per heavy atom. The summed E-state index contributed by atoms with van der Waals surface area (Å²) in [5, 5.41) is 2.81. The number of ether oxygens (including phenoxy) is 1. The van der Waals surface area contributed by atoms with Crippen molar-refractivity contribution in [2.24, 2.45) is 0 Å². The smallest absolute Gasteiger partial charge is 0.243 e. The Labute approximate surface area is 211 Å². The van der Waals surface area contributed by atoms with Gasteiger partial charge in [0, 0.05) is 19.6 Å². The molecular weight excluding hydrogens is 514 g/mol. The van der Waals surface area contributed by atoms with Crippen LogP contribution in [0, 0.1) is 0 Å². The highest BCUT2D eigenvalue weighted by molar-refractivity contribution is 7.89. The van der Waals surface area contributed by atoms with Crippen molar-refractivity contribution in [3.63, 3.8) is 0 Å². The minimum Gasteiger partial charge on any atom is -0.492 e. The number of halogens is 1. The highest BCUT2D eigenvalue weighted by atomic mass is 35.5. The fourth-order valence-corrected chi connectivity index (χ4v) is 6.70. The second-order valence-corrected chi connectivity index (χ2v) is 12.3. The van der Waals surface area contributed by atoms with Crippen molar-refractivity contribution in [2.45, 2.75) is 55.5 Å². The zero-order valence-electron chi connectivity index (χ0n) is 19.7. The third-order valence-electron chi connectivity index (χ3n) is 5.58. The Kier molecular flexibility index (Phi) is 9.16. The lowest BCUT2D eigenvalue weighted by molar-refractivity contribution is -0.122. The van der Waals surface area contributed by atoms with Crippen molar-refractivity contribution in [1.82, 2.24) is 14.3 Å². The van der Waals surface area contributed by atoms with Crippen molar-refractivity contribution in [2.75, 3.05) is 19.7 Å². The number of nitrogens with zero attached hydrogens (tertiary/aromatic N) is 1. The topological polar surface area (TPSA) is 122 Å². The summed E-state index contributed by atoms with van der Waals surface area (Å²) in [4.78, 5) is 12.6. The molecule has 0 radical (unpaired) electrons. The van der Waals surface area contributed by atoms with Gasteiger partial charge in [0.05, 0.1) is 27.5 Å². The summed E-state index contributed by atoms with van der Waals surface area (Å²) in [6.07, 6.45) is 2.75. The molecule has 1 heterocycles. The van der Waals surface area contributed by atoms with E-state index in [-0.39, 0.29) is 21.4 Å². The molecule has 3 rings (SSSR count). The standard InChI is InChI=1S/C23H30ClN3O6S2/c1-3-33-22-12-11-20(15-21(22)24)34(29,30)26-17(2)23(28)25-16-18-7-9-19(10-8-18)35(31,32)27-13-5-4-6-14-27/h7-12,15,17,26H,3-6,13-14,16H2,1-2H3,(H,25,28)/t17-/m1/s1. The number of carbonyl (C=O) groups excluding carboxylic acids is 1. The van der Waals surface area contributed by atoms with Crippen LogP contribution in [-0.2, 0) is 31.4 Å². The summed E-state index contributed by atoms with van der Waals surface area (Å²) in [6.45, 7) is 4.77. The number of rotatable bonds is 10. The molecule has 1 atom stereocenters. The van der Waals surface area contributed by atoms with Gasteiger partial charge >= 0.3 is 0 Å². The van der Waals surface area contributed by atoms with E-state index in [1.54, 1.807) is 19.1 Å². The molecule has 0 aromatic heterocycles. The molecular formula is C23H30ClN3O6S2. The highest BCUT2D eigenvalue weighted by Gasteiger charge is 2.26. The van der Waals surface area contributed by atoms with Crippen LogP contribution in [0.25, 0.3) is 0 Å². The largest absolute Gasteiger partial charge is 0.492 e. The fourth-order valence-electron chi connectivity index (χ4n) is 3.65. The lowest BCUT2D eigenvalue weighted by Crippen LogP contribution is -2.44. The van der Waals surface area contributed by atoms with Gasteiger partial charge in [-0.3, -0.25) is 4.79 Å². The molecule has 2 aromatic rings. The molecule has 0 saturated carbocycles. The van der Waals surface area contributed by atoms with Crippen LogP contribution in [0.2, 0.25) is 5.02 Å². The van der Waals surface area contributed by atoms with Gasteiger partial charge in [-0.25, -0.2) is 16.8 Å². The SMILES string of the molecule is CCOc1ccc(S(=O)(=O)N[C@H](C)C(=O)NCc2ccc(S(=O)(=O)N3CCCCC3)cc2)cc1Cl. The van der Waals surface area contributed by atoms with E-state index in [4.69, 9.17) is 16.3 Å². The quantitative estimate of drug-likeness (QED) is 0.475. The van der Waals surface area contributed by atoms with Crippen LogP contribution in [0.4, 0.5) is 0 Å². The molecule has 0 bridgehead atoms. The normalized spacial score (nSPS) is 16.0. The first-order chi connectivity index (χ1) is 16.5. The van der Waals surface area contributed by atoms with E-state index in [9.17, 15) is 21.6 Å². The first kappa shape index (κ1) is 27.4. The van der Waals surface area contributed by atoms with Crippen molar-refractivity contribution in [3.05, 3.63) is 53.1 Å². The predicted octanol–water partition coefficient (Wildman–Crippen LogP) is 2.90. The molecule has 1 saturated heterocycles. The Bertz CT molecular complexity index is 1240. The van der Waals surface area contributed by atoms with Gasteiger partial charge in [0.1, 0.15) is 5.75 Å². The lowest BCUT2D eigenvalue weighted by Gasteiger charge is -2.25. The number of hydrogen-bond donors (Lipinski definition) is 2. The predicted molar refractivity (Wildman–Crippen MR) is 133 cm³/mol. The number of amides is 1. The number of benzene rings is 2. The molecule has 0 spiro atoms. The summed E-state index contributed by atoms with van der Waals surface area (Å²) >= 11 is 6.08. The van der Waals surface area contributed by atoms with Gasteiger partial charge in [0.2, 0.25) is 26.0 Å². The molecule has 12 heteroatoms. The van der Waals surface area contributed by atoms with Crippen molar-refractivity contribution >= 4 is 37.6 Å². The zero-order chi connectivity index (χ0) is 25.6. The van der Waals surface area contributed by atoms with Gasteiger partial charge < -0.3 is 10.1 Å². The highest BCUT2D eigenvalue weighted by Crippen LogP contribution is 2.27. The first-order valence-electron chi connectivity index (χ1n) is 11.4. The molecule has 1 amide bonds. The molecule has 1 aliphatic heterocycles. The molecule has 1 aliphatic rings. The minimum absolute atomic E-state index is 0.0869. The van der Waals surface area contributed by atoms with E-state index in [2.05, 4.69) is 10.0 Å². The number of nitrogens with one attached hydrogen (secondary N) is 2. The third kappa shape index (κ3) is 6.95. The van der Waals surface area contributed by atoms with Crippen LogP contribution >= 0.6 is 11.6 Å². The number of carbonyl (C=O) groups is 1. The maximum atomic E-state index is 12.8. The monoisotopic (exact) mass is 543 g/mol. The fraction of sp³-hybridized carbons (Fsp3) is 0.435. The van der Waals surface area contributed by atoms with E-state index in [1.807, 2.05) is 0 Å². The van der Waals surface area contributed by atoms with Crippen LogP contribution in [0.1, 0.15) is 38.7 Å².